The summed E-state index contributed by atoms with van der Waals surface area (Å²) in [5.41, 5.74) is 3.86. The van der Waals surface area contributed by atoms with Gasteiger partial charge in [-0.1, -0.05) is 60.2 Å². The van der Waals surface area contributed by atoms with Crippen molar-refractivity contribution in [3.05, 3.63) is 100 Å². The van der Waals surface area contributed by atoms with Crippen molar-refractivity contribution in [1.82, 2.24) is 9.80 Å². The number of rotatable bonds is 4. The molecule has 0 radical (unpaired) electrons. The molecule has 2 heterocycles. The Kier molecular flexibility index (Phi) is 6.58. The van der Waals surface area contributed by atoms with Gasteiger partial charge in [0.1, 0.15) is 5.75 Å². The molecule has 214 valence electrons. The third-order valence-electron chi connectivity index (χ3n) is 10.0. The Labute approximate surface area is 245 Å². The van der Waals surface area contributed by atoms with Crippen LogP contribution in [0.25, 0.3) is 0 Å². The number of allylic oxidation sites excluding steroid dienone is 6. The second-order valence-electron chi connectivity index (χ2n) is 12.3. The number of hydrogen-bond donors (Lipinski definition) is 1. The topological polar surface area (TPSA) is 95.0 Å². The number of nitrogens with zero attached hydrogens (tertiary/aromatic N) is 2. The first-order valence-electron chi connectivity index (χ1n) is 14.9. The van der Waals surface area contributed by atoms with Gasteiger partial charge in [0.2, 0.25) is 11.8 Å². The zero-order valence-corrected chi connectivity index (χ0v) is 23.7. The van der Waals surface area contributed by atoms with Gasteiger partial charge < -0.3 is 5.11 Å². The Balaban J connectivity index is 1.18. The van der Waals surface area contributed by atoms with E-state index in [1.54, 1.807) is 36.1 Å². The molecule has 0 saturated carbocycles. The summed E-state index contributed by atoms with van der Waals surface area (Å²) in [4.78, 5) is 58.7. The molecule has 0 bridgehead atoms. The SMILES string of the molecule is CC1=CC(=O)C2=C(C1=O)[C@@H](c1ccccc1O)C1=CC[C@@H]3C(=O)N(C4CCN(Cc5ccccc5)CC4)C(=O)[C@@H]3[C@@H]1C2. The molecule has 7 rings (SSSR count). The van der Waals surface area contributed by atoms with Gasteiger partial charge >= 0.3 is 0 Å². The first-order chi connectivity index (χ1) is 20.3. The number of imide groups is 1. The Morgan fingerprint density at radius 1 is 0.881 bits per heavy atom. The predicted molar refractivity (Wildman–Crippen MR) is 156 cm³/mol. The standard InChI is InChI=1S/C35H34N2O5/c1-20-17-29(39)27-18-26-23(30(32(27)33(20)40)24-9-5-6-10-28(24)38)11-12-25-31(26)35(42)37(34(25)41)22-13-15-36(16-14-22)19-21-7-3-2-4-8-21/h2-11,17,22,25-26,30-31,38H,12-16,18-19H2,1H3/t25-,26+,30+,31-/m0/s1. The molecule has 7 nitrogen and oxygen atoms in total. The van der Waals surface area contributed by atoms with Gasteiger partial charge in [0.25, 0.3) is 0 Å². The number of amides is 2. The molecule has 2 saturated heterocycles. The molecule has 0 spiro atoms. The van der Waals surface area contributed by atoms with Crippen molar-refractivity contribution in [2.24, 2.45) is 17.8 Å². The zero-order chi connectivity index (χ0) is 29.1. The van der Waals surface area contributed by atoms with Gasteiger partial charge in [-0.2, -0.15) is 0 Å². The highest BCUT2D eigenvalue weighted by molar-refractivity contribution is 6.24. The lowest BCUT2D eigenvalue weighted by Gasteiger charge is -2.42. The van der Waals surface area contributed by atoms with E-state index in [-0.39, 0.29) is 47.5 Å². The van der Waals surface area contributed by atoms with E-state index in [1.807, 2.05) is 24.3 Å². The Morgan fingerprint density at radius 3 is 2.33 bits per heavy atom. The van der Waals surface area contributed by atoms with Gasteiger partial charge in [-0.25, -0.2) is 0 Å². The van der Waals surface area contributed by atoms with Crippen LogP contribution in [0.4, 0.5) is 0 Å². The maximum atomic E-state index is 14.2. The number of hydrogen-bond acceptors (Lipinski definition) is 6. The molecule has 2 fully saturated rings. The molecule has 0 unspecified atom stereocenters. The van der Waals surface area contributed by atoms with Crippen LogP contribution >= 0.6 is 0 Å². The summed E-state index contributed by atoms with van der Waals surface area (Å²) in [6.45, 7) is 4.12. The van der Waals surface area contributed by atoms with E-state index in [4.69, 9.17) is 0 Å². The van der Waals surface area contributed by atoms with E-state index in [0.717, 1.165) is 38.0 Å². The summed E-state index contributed by atoms with van der Waals surface area (Å²) in [5, 5.41) is 10.9. The molecule has 4 atom stereocenters. The fourth-order valence-corrected chi connectivity index (χ4v) is 8.01. The molecular formula is C35H34N2O5. The van der Waals surface area contributed by atoms with Gasteiger partial charge in [0.15, 0.2) is 11.6 Å². The summed E-state index contributed by atoms with van der Waals surface area (Å²) in [6.07, 6.45) is 5.53. The van der Waals surface area contributed by atoms with E-state index in [1.165, 1.54) is 11.6 Å². The maximum absolute atomic E-state index is 14.2. The predicted octanol–water partition coefficient (Wildman–Crippen LogP) is 4.49. The highest BCUT2D eigenvalue weighted by Crippen LogP contribution is 2.56. The number of fused-ring (bicyclic) bond motifs is 3. The largest absolute Gasteiger partial charge is 0.508 e. The molecule has 2 aromatic carbocycles. The van der Waals surface area contributed by atoms with Crippen LogP contribution in [-0.2, 0) is 25.7 Å². The van der Waals surface area contributed by atoms with Crippen molar-refractivity contribution < 1.29 is 24.3 Å². The number of benzene rings is 2. The second-order valence-corrected chi connectivity index (χ2v) is 12.3. The van der Waals surface area contributed by atoms with E-state index in [9.17, 15) is 24.3 Å². The number of piperidine rings is 1. The number of ketones is 2. The van der Waals surface area contributed by atoms with Crippen molar-refractivity contribution in [2.75, 3.05) is 13.1 Å². The van der Waals surface area contributed by atoms with Crippen LogP contribution in [0, 0.1) is 17.8 Å². The molecule has 0 aromatic heterocycles. The number of phenols is 1. The molecule has 5 aliphatic rings. The van der Waals surface area contributed by atoms with Gasteiger partial charge in [-0.3, -0.25) is 29.0 Å². The van der Waals surface area contributed by atoms with Crippen molar-refractivity contribution in [1.29, 1.82) is 0 Å². The summed E-state index contributed by atoms with van der Waals surface area (Å²) in [6, 6.07) is 17.1. The number of phenolic OH excluding ortho intramolecular Hbond substituents is 1. The third kappa shape index (κ3) is 4.21. The highest BCUT2D eigenvalue weighted by Gasteiger charge is 2.57. The Hall–Kier alpha value is -4.10. The number of likely N-dealkylation sites (tertiary alicyclic amines) is 2. The molecule has 2 aliphatic heterocycles. The van der Waals surface area contributed by atoms with E-state index >= 15 is 0 Å². The van der Waals surface area contributed by atoms with Crippen LogP contribution < -0.4 is 0 Å². The summed E-state index contributed by atoms with van der Waals surface area (Å²) < 4.78 is 0. The van der Waals surface area contributed by atoms with Gasteiger partial charge in [0, 0.05) is 53.9 Å². The van der Waals surface area contributed by atoms with Gasteiger partial charge in [0.05, 0.1) is 11.8 Å². The molecule has 7 heteroatoms. The van der Waals surface area contributed by atoms with Crippen LogP contribution in [0.3, 0.4) is 0 Å². The molecule has 42 heavy (non-hydrogen) atoms. The van der Waals surface area contributed by atoms with Crippen molar-refractivity contribution in [3.8, 4) is 5.75 Å². The average molecular weight is 563 g/mol. The number of aromatic hydroxyl groups is 1. The fraction of sp³-hybridized carbons (Fsp3) is 0.371. The Morgan fingerprint density at radius 2 is 1.60 bits per heavy atom. The first-order valence-corrected chi connectivity index (χ1v) is 14.9. The van der Waals surface area contributed by atoms with Crippen LogP contribution in [-0.4, -0.2) is 57.4 Å². The number of Topliss-reactive ketones (excluding diaryl/α,β-unsaturated/α-hetero) is 1. The van der Waals surface area contributed by atoms with Crippen molar-refractivity contribution in [3.63, 3.8) is 0 Å². The van der Waals surface area contributed by atoms with E-state index < -0.39 is 17.8 Å². The number of carbonyl (C=O) groups is 4. The summed E-state index contributed by atoms with van der Waals surface area (Å²) in [5.74, 6) is -2.67. The van der Waals surface area contributed by atoms with Crippen LogP contribution in [0.2, 0.25) is 0 Å². The average Bonchev–Trinajstić information content (AvgIpc) is 3.26. The van der Waals surface area contributed by atoms with Crippen LogP contribution in [0.15, 0.2) is 89.0 Å². The lowest BCUT2D eigenvalue weighted by atomic mass is 9.59. The summed E-state index contributed by atoms with van der Waals surface area (Å²) >= 11 is 0. The lowest BCUT2D eigenvalue weighted by molar-refractivity contribution is -0.144. The van der Waals surface area contributed by atoms with Gasteiger partial charge in [-0.15, -0.1) is 0 Å². The quantitative estimate of drug-likeness (QED) is 0.335. The minimum atomic E-state index is -0.626. The molecule has 2 amide bonds. The van der Waals surface area contributed by atoms with Crippen LogP contribution in [0.1, 0.15) is 49.7 Å². The van der Waals surface area contributed by atoms with Crippen LogP contribution in [0.5, 0.6) is 5.75 Å². The van der Waals surface area contributed by atoms with E-state index in [2.05, 4.69) is 17.0 Å². The monoisotopic (exact) mass is 562 g/mol. The smallest absolute Gasteiger partial charge is 0.233 e. The normalized spacial score (nSPS) is 28.4. The second kappa shape index (κ2) is 10.3. The number of para-hydroxylation sites is 1. The summed E-state index contributed by atoms with van der Waals surface area (Å²) in [7, 11) is 0. The number of carbonyl (C=O) groups excluding carboxylic acids is 4. The lowest BCUT2D eigenvalue weighted by Crippen LogP contribution is -2.47. The fourth-order valence-electron chi connectivity index (χ4n) is 8.01. The maximum Gasteiger partial charge on any atom is 0.233 e. The molecular weight excluding hydrogens is 528 g/mol. The Bertz CT molecular complexity index is 1590. The zero-order valence-electron chi connectivity index (χ0n) is 23.7. The van der Waals surface area contributed by atoms with Crippen molar-refractivity contribution in [2.45, 2.75) is 51.1 Å². The molecule has 3 aliphatic carbocycles. The minimum absolute atomic E-state index is 0.0446. The highest BCUT2D eigenvalue weighted by atomic mass is 16.3. The van der Waals surface area contributed by atoms with Crippen molar-refractivity contribution >= 4 is 23.4 Å². The minimum Gasteiger partial charge on any atom is -0.508 e. The molecule has 2 aromatic rings. The van der Waals surface area contributed by atoms with Gasteiger partial charge in [-0.05, 0) is 56.2 Å². The third-order valence-corrected chi connectivity index (χ3v) is 10.0. The van der Waals surface area contributed by atoms with E-state index in [0.29, 0.717) is 28.7 Å². The first kappa shape index (κ1) is 26.8. The molecule has 1 N–H and O–H groups in total.